The van der Waals surface area contributed by atoms with Gasteiger partial charge < -0.3 is 9.64 Å². The van der Waals surface area contributed by atoms with Gasteiger partial charge in [-0.05, 0) is 49.0 Å². The van der Waals surface area contributed by atoms with E-state index in [0.29, 0.717) is 11.1 Å². The SMILES string of the molecule is CN1C(=O)/C(=C2/c3ccccc3C(=O)O[C@@H]2C2=CCCCC2)c2ccccc21. The predicted octanol–water partition coefficient (Wildman–Crippen LogP) is 4.61. The molecule has 5 rings (SSSR count). The van der Waals surface area contributed by atoms with Crippen LogP contribution in [0.25, 0.3) is 11.1 Å². The van der Waals surface area contributed by atoms with Gasteiger partial charge in [-0.2, -0.15) is 0 Å². The summed E-state index contributed by atoms with van der Waals surface area (Å²) in [5.41, 5.74) is 5.71. The molecule has 0 spiro atoms. The summed E-state index contributed by atoms with van der Waals surface area (Å²) in [5, 5.41) is 0. The van der Waals surface area contributed by atoms with E-state index in [9.17, 15) is 9.59 Å². The molecule has 4 nitrogen and oxygen atoms in total. The van der Waals surface area contributed by atoms with Gasteiger partial charge in [-0.1, -0.05) is 42.5 Å². The molecule has 2 aromatic carbocycles. The molecule has 140 valence electrons. The van der Waals surface area contributed by atoms with Gasteiger partial charge in [-0.3, -0.25) is 4.79 Å². The number of cyclic esters (lactones) is 1. The van der Waals surface area contributed by atoms with Crippen molar-refractivity contribution in [1.29, 1.82) is 0 Å². The molecule has 1 aliphatic carbocycles. The number of amides is 1. The standard InChI is InChI=1S/C24H21NO3/c1-25-19-14-8-7-13-18(19)21(23(25)26)20-16-11-5-6-12-17(16)24(27)28-22(20)15-9-3-2-4-10-15/h5-9,11-14,22H,2-4,10H2,1H3/b21-20-/t22-/m1/s1. The summed E-state index contributed by atoms with van der Waals surface area (Å²) in [6.07, 6.45) is 5.79. The summed E-state index contributed by atoms with van der Waals surface area (Å²) >= 11 is 0. The fraction of sp³-hybridized carbons (Fsp3) is 0.250. The van der Waals surface area contributed by atoms with Crippen LogP contribution in [0.3, 0.4) is 0 Å². The lowest BCUT2D eigenvalue weighted by molar-refractivity contribution is -0.112. The number of hydrogen-bond acceptors (Lipinski definition) is 3. The van der Waals surface area contributed by atoms with Gasteiger partial charge in [0, 0.05) is 18.2 Å². The number of esters is 1. The Balaban J connectivity index is 1.82. The molecule has 0 saturated carbocycles. The number of fused-ring (bicyclic) bond motifs is 2. The van der Waals surface area contributed by atoms with E-state index in [4.69, 9.17) is 4.74 Å². The highest BCUT2D eigenvalue weighted by molar-refractivity contribution is 6.38. The summed E-state index contributed by atoms with van der Waals surface area (Å²) < 4.78 is 5.94. The van der Waals surface area contributed by atoms with Crippen molar-refractivity contribution in [2.45, 2.75) is 31.8 Å². The Kier molecular flexibility index (Phi) is 3.93. The number of carbonyl (C=O) groups is 2. The van der Waals surface area contributed by atoms with Crippen LogP contribution in [0.15, 0.2) is 60.2 Å². The van der Waals surface area contributed by atoms with Gasteiger partial charge in [0.2, 0.25) is 0 Å². The minimum atomic E-state index is -0.499. The predicted molar refractivity (Wildman–Crippen MR) is 109 cm³/mol. The van der Waals surface area contributed by atoms with Crippen molar-refractivity contribution in [3.05, 3.63) is 76.9 Å². The van der Waals surface area contributed by atoms with Gasteiger partial charge in [-0.15, -0.1) is 0 Å². The van der Waals surface area contributed by atoms with Gasteiger partial charge in [-0.25, -0.2) is 4.79 Å². The highest BCUT2D eigenvalue weighted by Gasteiger charge is 2.40. The fourth-order valence-corrected chi connectivity index (χ4v) is 4.52. The summed E-state index contributed by atoms with van der Waals surface area (Å²) in [6, 6.07) is 15.3. The summed E-state index contributed by atoms with van der Waals surface area (Å²) in [4.78, 5) is 27.7. The molecule has 0 N–H and O–H groups in total. The molecule has 0 fully saturated rings. The van der Waals surface area contributed by atoms with Gasteiger partial charge in [0.15, 0.2) is 0 Å². The van der Waals surface area contributed by atoms with Gasteiger partial charge in [0.05, 0.1) is 16.8 Å². The second kappa shape index (κ2) is 6.48. The van der Waals surface area contributed by atoms with Crippen LogP contribution in [0.1, 0.15) is 47.2 Å². The first-order valence-corrected chi connectivity index (χ1v) is 9.78. The molecule has 3 aliphatic rings. The van der Waals surface area contributed by atoms with Crippen molar-refractivity contribution in [3.8, 4) is 0 Å². The van der Waals surface area contributed by atoms with Crippen molar-refractivity contribution in [1.82, 2.24) is 0 Å². The molecule has 2 aliphatic heterocycles. The zero-order valence-corrected chi connectivity index (χ0v) is 15.8. The molecule has 2 heterocycles. The Morgan fingerprint density at radius 2 is 1.64 bits per heavy atom. The lowest BCUT2D eigenvalue weighted by atomic mass is 9.81. The molecule has 0 bridgehead atoms. The Hall–Kier alpha value is -3.14. The lowest BCUT2D eigenvalue weighted by Crippen LogP contribution is -2.31. The van der Waals surface area contributed by atoms with E-state index >= 15 is 0 Å². The highest BCUT2D eigenvalue weighted by atomic mass is 16.5. The maximum atomic E-state index is 13.3. The second-order valence-corrected chi connectivity index (χ2v) is 7.53. The van der Waals surface area contributed by atoms with Crippen LogP contribution < -0.4 is 4.90 Å². The number of hydrogen-bond donors (Lipinski definition) is 0. The Labute approximate surface area is 164 Å². The van der Waals surface area contributed by atoms with Gasteiger partial charge in [0.25, 0.3) is 5.91 Å². The van der Waals surface area contributed by atoms with E-state index in [2.05, 4.69) is 6.08 Å². The van der Waals surface area contributed by atoms with E-state index in [1.165, 1.54) is 0 Å². The monoisotopic (exact) mass is 371 g/mol. The number of anilines is 1. The van der Waals surface area contributed by atoms with Gasteiger partial charge >= 0.3 is 5.97 Å². The molecule has 0 aromatic heterocycles. The molecule has 28 heavy (non-hydrogen) atoms. The molecule has 1 atom stereocenters. The fourth-order valence-electron chi connectivity index (χ4n) is 4.52. The third-order valence-electron chi connectivity index (χ3n) is 5.91. The van der Waals surface area contributed by atoms with E-state index < -0.39 is 6.10 Å². The second-order valence-electron chi connectivity index (χ2n) is 7.53. The van der Waals surface area contributed by atoms with Gasteiger partial charge in [0.1, 0.15) is 6.10 Å². The first-order chi connectivity index (χ1) is 13.7. The highest BCUT2D eigenvalue weighted by Crippen LogP contribution is 2.46. The minimum Gasteiger partial charge on any atom is -0.449 e. The maximum absolute atomic E-state index is 13.3. The maximum Gasteiger partial charge on any atom is 0.339 e. The zero-order valence-electron chi connectivity index (χ0n) is 15.8. The minimum absolute atomic E-state index is 0.0506. The summed E-state index contributed by atoms with van der Waals surface area (Å²) in [7, 11) is 1.80. The molecule has 0 radical (unpaired) electrons. The number of para-hydroxylation sites is 1. The third-order valence-corrected chi connectivity index (χ3v) is 5.91. The van der Waals surface area contributed by atoms with E-state index in [1.54, 1.807) is 18.0 Å². The Morgan fingerprint density at radius 1 is 0.929 bits per heavy atom. The van der Waals surface area contributed by atoms with Crippen molar-refractivity contribution in [2.75, 3.05) is 11.9 Å². The largest absolute Gasteiger partial charge is 0.449 e. The molecule has 4 heteroatoms. The van der Waals surface area contributed by atoms with Crippen LogP contribution in [-0.2, 0) is 9.53 Å². The number of ether oxygens (including phenoxy) is 1. The van der Waals surface area contributed by atoms with Crippen LogP contribution in [0.5, 0.6) is 0 Å². The normalized spacial score (nSPS) is 23.8. The smallest absolute Gasteiger partial charge is 0.339 e. The molecule has 0 unspecified atom stereocenters. The van der Waals surface area contributed by atoms with E-state index in [0.717, 1.165) is 53.6 Å². The van der Waals surface area contributed by atoms with Crippen molar-refractivity contribution < 1.29 is 14.3 Å². The van der Waals surface area contributed by atoms with Crippen molar-refractivity contribution in [3.63, 3.8) is 0 Å². The van der Waals surface area contributed by atoms with Crippen LogP contribution >= 0.6 is 0 Å². The number of rotatable bonds is 1. The summed E-state index contributed by atoms with van der Waals surface area (Å²) in [6.45, 7) is 0. The molecular formula is C24H21NO3. The lowest BCUT2D eigenvalue weighted by Gasteiger charge is -2.32. The zero-order chi connectivity index (χ0) is 19.3. The van der Waals surface area contributed by atoms with Crippen LogP contribution in [0.2, 0.25) is 0 Å². The van der Waals surface area contributed by atoms with Crippen molar-refractivity contribution >= 4 is 28.7 Å². The van der Waals surface area contributed by atoms with Crippen molar-refractivity contribution in [2.24, 2.45) is 0 Å². The molecule has 1 amide bonds. The topological polar surface area (TPSA) is 46.6 Å². The first-order valence-electron chi connectivity index (χ1n) is 9.78. The Morgan fingerprint density at radius 3 is 2.39 bits per heavy atom. The number of nitrogens with zero attached hydrogens (tertiary/aromatic N) is 1. The number of likely N-dealkylation sites (N-methyl/N-ethyl adjacent to an activating group) is 1. The number of benzene rings is 2. The average molecular weight is 371 g/mol. The Bertz CT molecular complexity index is 1060. The number of carbonyl (C=O) groups excluding carboxylic acids is 2. The van der Waals surface area contributed by atoms with Crippen LogP contribution in [-0.4, -0.2) is 25.0 Å². The van der Waals surface area contributed by atoms with E-state index in [-0.39, 0.29) is 11.9 Å². The molecule has 0 saturated heterocycles. The average Bonchev–Trinajstić information content (AvgIpc) is 2.99. The van der Waals surface area contributed by atoms with Crippen LogP contribution in [0, 0.1) is 0 Å². The molecule has 2 aromatic rings. The molecular weight excluding hydrogens is 350 g/mol. The first kappa shape index (κ1) is 17.0. The number of allylic oxidation sites excluding steroid dienone is 1. The quantitative estimate of drug-likeness (QED) is 0.418. The third kappa shape index (κ3) is 2.44. The summed E-state index contributed by atoms with van der Waals surface area (Å²) in [5.74, 6) is -0.367. The van der Waals surface area contributed by atoms with Crippen LogP contribution in [0.4, 0.5) is 5.69 Å². The van der Waals surface area contributed by atoms with E-state index in [1.807, 2.05) is 42.5 Å².